The number of nitrogens with zero attached hydrogens (tertiary/aromatic N) is 1. The maximum atomic E-state index is 10.2. The number of amidine groups is 1. The molecule has 19 heavy (non-hydrogen) atoms. The van der Waals surface area contributed by atoms with Crippen LogP contribution in [0.15, 0.2) is 29.4 Å². The molecule has 0 spiro atoms. The molecule has 0 aromatic heterocycles. The Morgan fingerprint density at radius 3 is 2.79 bits per heavy atom. The lowest BCUT2D eigenvalue weighted by molar-refractivity contribution is 0.0475. The molecule has 0 unspecified atom stereocenters. The molecule has 0 bridgehead atoms. The fraction of sp³-hybridized carbons (Fsp3) is 0.500. The Bertz CT molecular complexity index is 454. The van der Waals surface area contributed by atoms with E-state index in [0.717, 1.165) is 31.2 Å². The van der Waals surface area contributed by atoms with Crippen LogP contribution in [0.5, 0.6) is 0 Å². The van der Waals surface area contributed by atoms with Gasteiger partial charge in [-0.25, -0.2) is 0 Å². The monoisotopic (exact) mass is 263 g/mol. The van der Waals surface area contributed by atoms with Crippen LogP contribution in [0.4, 0.5) is 0 Å². The molecule has 1 fully saturated rings. The fourth-order valence-electron chi connectivity index (χ4n) is 2.55. The van der Waals surface area contributed by atoms with Gasteiger partial charge in [0.1, 0.15) is 0 Å². The van der Waals surface area contributed by atoms with Crippen molar-refractivity contribution in [1.82, 2.24) is 5.32 Å². The van der Waals surface area contributed by atoms with Crippen molar-refractivity contribution >= 4 is 5.84 Å². The average molecular weight is 263 g/mol. The Morgan fingerprint density at radius 1 is 1.37 bits per heavy atom. The van der Waals surface area contributed by atoms with E-state index in [1.807, 2.05) is 18.2 Å². The number of rotatable bonds is 5. The highest BCUT2D eigenvalue weighted by molar-refractivity contribution is 5.97. The maximum absolute atomic E-state index is 10.2. The van der Waals surface area contributed by atoms with Crippen molar-refractivity contribution < 1.29 is 10.3 Å². The van der Waals surface area contributed by atoms with Gasteiger partial charge in [0.15, 0.2) is 5.84 Å². The molecule has 1 aliphatic rings. The van der Waals surface area contributed by atoms with E-state index in [1.165, 1.54) is 0 Å². The molecule has 5 heteroatoms. The van der Waals surface area contributed by atoms with Crippen molar-refractivity contribution in [2.24, 2.45) is 10.9 Å². The Morgan fingerprint density at radius 2 is 2.11 bits per heavy atom. The predicted molar refractivity (Wildman–Crippen MR) is 74.1 cm³/mol. The molecular weight excluding hydrogens is 242 g/mol. The molecule has 0 aliphatic heterocycles. The quantitative estimate of drug-likeness (QED) is 0.278. The van der Waals surface area contributed by atoms with Gasteiger partial charge in [0.05, 0.1) is 5.60 Å². The zero-order chi connectivity index (χ0) is 13.7. The van der Waals surface area contributed by atoms with Gasteiger partial charge >= 0.3 is 0 Å². The van der Waals surface area contributed by atoms with Crippen molar-refractivity contribution in [2.75, 3.05) is 6.54 Å². The molecule has 5 N–H and O–H groups in total. The maximum Gasteiger partial charge on any atom is 0.170 e. The first-order valence-corrected chi connectivity index (χ1v) is 6.63. The summed E-state index contributed by atoms with van der Waals surface area (Å²) < 4.78 is 0. The number of benzene rings is 1. The van der Waals surface area contributed by atoms with Gasteiger partial charge in [0.2, 0.25) is 0 Å². The van der Waals surface area contributed by atoms with E-state index < -0.39 is 5.60 Å². The van der Waals surface area contributed by atoms with Crippen LogP contribution >= 0.6 is 0 Å². The Kier molecular flexibility index (Phi) is 4.39. The highest BCUT2D eigenvalue weighted by atomic mass is 16.4. The standard InChI is InChI=1S/C14H21N3O2/c15-13(17-19)12-5-3-4-11(8-12)9-16-10-14(18)6-1-2-7-14/h3-5,8,16,18-19H,1-2,6-7,9-10H2,(H2,15,17). The second-order valence-corrected chi connectivity index (χ2v) is 5.22. The minimum Gasteiger partial charge on any atom is -0.409 e. The van der Waals surface area contributed by atoms with Gasteiger partial charge in [0, 0.05) is 18.7 Å². The van der Waals surface area contributed by atoms with Crippen LogP contribution in [-0.2, 0) is 6.54 Å². The summed E-state index contributed by atoms with van der Waals surface area (Å²) in [4.78, 5) is 0. The van der Waals surface area contributed by atoms with Gasteiger partial charge in [0.25, 0.3) is 0 Å². The Hall–Kier alpha value is -1.59. The molecule has 0 heterocycles. The molecule has 1 aromatic rings. The molecule has 1 aliphatic carbocycles. The fourth-order valence-corrected chi connectivity index (χ4v) is 2.55. The number of aliphatic hydroxyl groups is 1. The highest BCUT2D eigenvalue weighted by Gasteiger charge is 2.30. The van der Waals surface area contributed by atoms with Crippen molar-refractivity contribution in [1.29, 1.82) is 0 Å². The molecule has 104 valence electrons. The van der Waals surface area contributed by atoms with E-state index in [4.69, 9.17) is 10.9 Å². The lowest BCUT2D eigenvalue weighted by Crippen LogP contribution is -2.37. The second-order valence-electron chi connectivity index (χ2n) is 5.22. The first kappa shape index (κ1) is 13.8. The van der Waals surface area contributed by atoms with Crippen LogP contribution in [0.1, 0.15) is 36.8 Å². The molecule has 1 saturated carbocycles. The van der Waals surface area contributed by atoms with E-state index in [9.17, 15) is 5.11 Å². The molecule has 0 amide bonds. The summed E-state index contributed by atoms with van der Waals surface area (Å²) >= 11 is 0. The zero-order valence-electron chi connectivity index (χ0n) is 11.0. The summed E-state index contributed by atoms with van der Waals surface area (Å²) in [5.74, 6) is 0.108. The first-order chi connectivity index (χ1) is 9.13. The van der Waals surface area contributed by atoms with Gasteiger partial charge in [-0.05, 0) is 24.5 Å². The molecule has 1 aromatic carbocycles. The van der Waals surface area contributed by atoms with E-state index in [-0.39, 0.29) is 5.84 Å². The number of nitrogens with two attached hydrogens (primary N) is 1. The van der Waals surface area contributed by atoms with E-state index in [0.29, 0.717) is 18.7 Å². The predicted octanol–water partition coefficient (Wildman–Crippen LogP) is 1.18. The van der Waals surface area contributed by atoms with Crippen LogP contribution in [0.25, 0.3) is 0 Å². The van der Waals surface area contributed by atoms with Crippen molar-refractivity contribution in [2.45, 2.75) is 37.8 Å². The highest BCUT2D eigenvalue weighted by Crippen LogP contribution is 2.28. The minimum absolute atomic E-state index is 0.108. The first-order valence-electron chi connectivity index (χ1n) is 6.63. The normalized spacial score (nSPS) is 18.7. The Balaban J connectivity index is 1.89. The summed E-state index contributed by atoms with van der Waals surface area (Å²) in [6.45, 7) is 1.27. The van der Waals surface area contributed by atoms with E-state index in [1.54, 1.807) is 6.07 Å². The third-order valence-electron chi connectivity index (χ3n) is 3.65. The third kappa shape index (κ3) is 3.68. The smallest absolute Gasteiger partial charge is 0.170 e. The molecule has 0 atom stereocenters. The Labute approximate surface area is 113 Å². The van der Waals surface area contributed by atoms with Crippen LogP contribution in [0.3, 0.4) is 0 Å². The molecule has 0 saturated heterocycles. The summed E-state index contributed by atoms with van der Waals surface area (Å²) in [6.07, 6.45) is 3.97. The zero-order valence-corrected chi connectivity index (χ0v) is 11.0. The van der Waals surface area contributed by atoms with Gasteiger partial charge in [-0.3, -0.25) is 0 Å². The topological polar surface area (TPSA) is 90.9 Å². The summed E-state index contributed by atoms with van der Waals surface area (Å²) in [7, 11) is 0. The third-order valence-corrected chi connectivity index (χ3v) is 3.65. The van der Waals surface area contributed by atoms with Gasteiger partial charge in [-0.1, -0.05) is 36.2 Å². The number of hydrogen-bond acceptors (Lipinski definition) is 4. The van der Waals surface area contributed by atoms with Crippen LogP contribution < -0.4 is 11.1 Å². The van der Waals surface area contributed by atoms with Gasteiger partial charge in [-0.2, -0.15) is 0 Å². The lowest BCUT2D eigenvalue weighted by atomic mass is 10.0. The lowest BCUT2D eigenvalue weighted by Gasteiger charge is -2.22. The SMILES string of the molecule is NC(=NO)c1cccc(CNCC2(O)CCCC2)c1. The molecule has 5 nitrogen and oxygen atoms in total. The average Bonchev–Trinajstić information content (AvgIpc) is 2.85. The summed E-state index contributed by atoms with van der Waals surface area (Å²) in [5.41, 5.74) is 6.76. The van der Waals surface area contributed by atoms with Crippen molar-refractivity contribution in [3.05, 3.63) is 35.4 Å². The van der Waals surface area contributed by atoms with Crippen molar-refractivity contribution in [3.63, 3.8) is 0 Å². The van der Waals surface area contributed by atoms with Crippen LogP contribution in [-0.4, -0.2) is 28.3 Å². The molecule has 0 radical (unpaired) electrons. The summed E-state index contributed by atoms with van der Waals surface area (Å²) in [5, 5.41) is 25.1. The largest absolute Gasteiger partial charge is 0.409 e. The number of oxime groups is 1. The molecular formula is C14H21N3O2. The van der Waals surface area contributed by atoms with Gasteiger partial charge < -0.3 is 21.4 Å². The number of hydrogen-bond donors (Lipinski definition) is 4. The molecule has 2 rings (SSSR count). The van der Waals surface area contributed by atoms with Crippen LogP contribution in [0.2, 0.25) is 0 Å². The van der Waals surface area contributed by atoms with E-state index >= 15 is 0 Å². The second kappa shape index (κ2) is 6.04. The van der Waals surface area contributed by atoms with Gasteiger partial charge in [-0.15, -0.1) is 0 Å². The van der Waals surface area contributed by atoms with E-state index in [2.05, 4.69) is 10.5 Å². The minimum atomic E-state index is -0.538. The van der Waals surface area contributed by atoms with Crippen LogP contribution in [0, 0.1) is 0 Å². The van der Waals surface area contributed by atoms with Crippen molar-refractivity contribution in [3.8, 4) is 0 Å². The number of nitrogens with one attached hydrogen (secondary N) is 1. The summed E-state index contributed by atoms with van der Waals surface area (Å²) in [6, 6.07) is 7.51.